The molecule has 3 rings (SSSR count). The molecule has 0 bridgehead atoms. The van der Waals surface area contributed by atoms with Crippen molar-refractivity contribution in [1.29, 1.82) is 0 Å². The number of hydrogen-bond donors (Lipinski definition) is 2. The maximum Gasteiger partial charge on any atom is 0.391 e. The van der Waals surface area contributed by atoms with Gasteiger partial charge in [-0.1, -0.05) is 36.8 Å². The highest BCUT2D eigenvalue weighted by molar-refractivity contribution is 5.80. The molecule has 1 aliphatic rings. The summed E-state index contributed by atoms with van der Waals surface area (Å²) in [7, 11) is 0. The summed E-state index contributed by atoms with van der Waals surface area (Å²) in [4.78, 5) is 4.58. The molecule has 4 nitrogen and oxygen atoms in total. The predicted molar refractivity (Wildman–Crippen MR) is 103 cm³/mol. The average Bonchev–Trinajstić information content (AvgIpc) is 3.20. The zero-order valence-electron chi connectivity index (χ0n) is 15.7. The van der Waals surface area contributed by atoms with Gasteiger partial charge in [0.25, 0.3) is 0 Å². The van der Waals surface area contributed by atoms with Crippen molar-refractivity contribution < 1.29 is 17.6 Å². The average molecular weight is 393 g/mol. The van der Waals surface area contributed by atoms with E-state index in [0.717, 1.165) is 17.7 Å². The molecule has 28 heavy (non-hydrogen) atoms. The van der Waals surface area contributed by atoms with Crippen LogP contribution in [0, 0.1) is 5.92 Å². The third-order valence-corrected chi connectivity index (χ3v) is 4.98. The minimum atomic E-state index is -4.13. The zero-order chi connectivity index (χ0) is 19.8. The Morgan fingerprint density at radius 3 is 2.64 bits per heavy atom. The summed E-state index contributed by atoms with van der Waals surface area (Å²) in [5.41, 5.74) is 1.05. The summed E-state index contributed by atoms with van der Waals surface area (Å²) in [5.74, 6) is 0.158. The fourth-order valence-corrected chi connectivity index (χ4v) is 3.48. The molecule has 2 N–H and O–H groups in total. The van der Waals surface area contributed by atoms with Crippen LogP contribution in [0.25, 0.3) is 0 Å². The number of nitrogens with one attached hydrogen (secondary N) is 2. The molecule has 2 unspecified atom stereocenters. The highest BCUT2D eigenvalue weighted by Gasteiger charge is 2.42. The molecule has 0 spiro atoms. The van der Waals surface area contributed by atoms with Gasteiger partial charge in [-0.25, -0.2) is 4.99 Å². The molecule has 1 saturated carbocycles. The van der Waals surface area contributed by atoms with Gasteiger partial charge >= 0.3 is 6.18 Å². The Bertz CT molecular complexity index is 729. The molecule has 1 fully saturated rings. The predicted octanol–water partition coefficient (Wildman–Crippen LogP) is 4.68. The second kappa shape index (κ2) is 9.66. The quantitative estimate of drug-likeness (QED) is 0.554. The number of benzene rings is 1. The lowest BCUT2D eigenvalue weighted by Gasteiger charge is -2.32. The van der Waals surface area contributed by atoms with Crippen LogP contribution in [0.15, 0.2) is 58.1 Å². The number of alkyl halides is 3. The van der Waals surface area contributed by atoms with Crippen molar-refractivity contribution in [3.05, 3.63) is 60.1 Å². The van der Waals surface area contributed by atoms with Crippen molar-refractivity contribution >= 4 is 5.96 Å². The van der Waals surface area contributed by atoms with Crippen LogP contribution in [-0.2, 0) is 13.0 Å². The Hall–Kier alpha value is -2.44. The summed E-state index contributed by atoms with van der Waals surface area (Å²) in [6.45, 7) is 1.05. The first-order valence-electron chi connectivity index (χ1n) is 9.68. The molecule has 0 saturated heterocycles. The van der Waals surface area contributed by atoms with Crippen molar-refractivity contribution in [3.63, 3.8) is 0 Å². The minimum Gasteiger partial charge on any atom is -0.469 e. The van der Waals surface area contributed by atoms with Gasteiger partial charge in [-0.3, -0.25) is 0 Å². The van der Waals surface area contributed by atoms with Crippen molar-refractivity contribution in [2.45, 2.75) is 50.9 Å². The number of guanidine groups is 1. The molecule has 152 valence electrons. The Kier molecular flexibility index (Phi) is 7.01. The van der Waals surface area contributed by atoms with E-state index in [9.17, 15) is 13.2 Å². The first kappa shape index (κ1) is 20.3. The second-order valence-electron chi connectivity index (χ2n) is 7.15. The normalized spacial score (nSPS) is 20.8. The van der Waals surface area contributed by atoms with Gasteiger partial charge in [-0.15, -0.1) is 0 Å². The number of aliphatic imine (C=N–C) groups is 1. The second-order valence-corrected chi connectivity index (χ2v) is 7.15. The van der Waals surface area contributed by atoms with Gasteiger partial charge in [0.1, 0.15) is 5.76 Å². The van der Waals surface area contributed by atoms with Gasteiger partial charge in [0.05, 0.1) is 18.7 Å². The first-order valence-corrected chi connectivity index (χ1v) is 9.68. The van der Waals surface area contributed by atoms with E-state index >= 15 is 0 Å². The van der Waals surface area contributed by atoms with Crippen LogP contribution in [0.4, 0.5) is 13.2 Å². The SMILES string of the molecule is FC(F)(F)C1CCCC(NC(=NCc2ccccc2)NCCc2ccco2)C1. The fourth-order valence-electron chi connectivity index (χ4n) is 3.48. The van der Waals surface area contributed by atoms with E-state index in [2.05, 4.69) is 15.6 Å². The van der Waals surface area contributed by atoms with Gasteiger partial charge in [-0.2, -0.15) is 13.2 Å². The fraction of sp³-hybridized carbons (Fsp3) is 0.476. The van der Waals surface area contributed by atoms with Gasteiger partial charge in [0.2, 0.25) is 0 Å². The maximum atomic E-state index is 13.1. The largest absolute Gasteiger partial charge is 0.469 e. The smallest absolute Gasteiger partial charge is 0.391 e. The van der Waals surface area contributed by atoms with Crippen LogP contribution >= 0.6 is 0 Å². The lowest BCUT2D eigenvalue weighted by atomic mass is 9.85. The molecule has 2 aromatic rings. The van der Waals surface area contributed by atoms with Crippen molar-refractivity contribution in [1.82, 2.24) is 10.6 Å². The van der Waals surface area contributed by atoms with Crippen molar-refractivity contribution in [2.75, 3.05) is 6.54 Å². The van der Waals surface area contributed by atoms with Crippen LogP contribution in [0.2, 0.25) is 0 Å². The Labute approximate surface area is 163 Å². The van der Waals surface area contributed by atoms with E-state index in [-0.39, 0.29) is 18.9 Å². The number of furan rings is 1. The van der Waals surface area contributed by atoms with Gasteiger partial charge in [0.15, 0.2) is 5.96 Å². The Balaban J connectivity index is 1.61. The molecule has 0 aliphatic heterocycles. The lowest BCUT2D eigenvalue weighted by Crippen LogP contribution is -2.47. The Morgan fingerprint density at radius 2 is 1.93 bits per heavy atom. The summed E-state index contributed by atoms with van der Waals surface area (Å²) < 4.78 is 44.6. The maximum absolute atomic E-state index is 13.1. The van der Waals surface area contributed by atoms with E-state index in [1.807, 2.05) is 42.5 Å². The number of halogens is 3. The van der Waals surface area contributed by atoms with E-state index in [1.54, 1.807) is 6.26 Å². The highest BCUT2D eigenvalue weighted by atomic mass is 19.4. The number of hydrogen-bond acceptors (Lipinski definition) is 2. The highest BCUT2D eigenvalue weighted by Crippen LogP contribution is 2.37. The van der Waals surface area contributed by atoms with Crippen LogP contribution in [0.5, 0.6) is 0 Å². The minimum absolute atomic E-state index is 0.0910. The summed E-state index contributed by atoms with van der Waals surface area (Å²) in [6.07, 6.45) is -0.241. The van der Waals surface area contributed by atoms with Crippen LogP contribution in [0.3, 0.4) is 0 Å². The first-order chi connectivity index (χ1) is 13.5. The molecule has 2 atom stereocenters. The zero-order valence-corrected chi connectivity index (χ0v) is 15.7. The van der Waals surface area contributed by atoms with Crippen LogP contribution in [-0.4, -0.2) is 24.7 Å². The standard InChI is InChI=1S/C21H26F3N3O/c22-21(23,24)17-8-4-9-18(14-17)27-20(25-12-11-19-10-5-13-28-19)26-15-16-6-2-1-3-7-16/h1-3,5-7,10,13,17-18H,4,8-9,11-12,14-15H2,(H2,25,26,27). The summed E-state index contributed by atoms with van der Waals surface area (Å²) in [6, 6.07) is 13.3. The molecular weight excluding hydrogens is 367 g/mol. The third kappa shape index (κ3) is 6.32. The van der Waals surface area contributed by atoms with E-state index < -0.39 is 12.1 Å². The van der Waals surface area contributed by atoms with Crippen molar-refractivity contribution in [3.8, 4) is 0 Å². The third-order valence-electron chi connectivity index (χ3n) is 4.98. The molecule has 1 aromatic heterocycles. The molecule has 0 radical (unpaired) electrons. The Morgan fingerprint density at radius 1 is 1.11 bits per heavy atom. The number of rotatable bonds is 6. The molecule has 1 aliphatic carbocycles. The van der Waals surface area contributed by atoms with E-state index in [1.165, 1.54) is 0 Å². The van der Waals surface area contributed by atoms with Crippen LogP contribution < -0.4 is 10.6 Å². The lowest BCUT2D eigenvalue weighted by molar-refractivity contribution is -0.183. The molecular formula is C21H26F3N3O. The van der Waals surface area contributed by atoms with Gasteiger partial charge in [-0.05, 0) is 37.0 Å². The van der Waals surface area contributed by atoms with E-state index in [0.29, 0.717) is 31.9 Å². The van der Waals surface area contributed by atoms with Gasteiger partial charge < -0.3 is 15.1 Å². The summed E-state index contributed by atoms with van der Waals surface area (Å²) in [5, 5.41) is 6.44. The summed E-state index contributed by atoms with van der Waals surface area (Å²) >= 11 is 0. The molecule has 1 aromatic carbocycles. The monoisotopic (exact) mass is 393 g/mol. The van der Waals surface area contributed by atoms with E-state index in [4.69, 9.17) is 4.42 Å². The molecule has 0 amide bonds. The van der Waals surface area contributed by atoms with Gasteiger partial charge in [0, 0.05) is 19.0 Å². The molecule has 7 heteroatoms. The number of nitrogens with zero attached hydrogens (tertiary/aromatic N) is 1. The van der Waals surface area contributed by atoms with Crippen LogP contribution in [0.1, 0.15) is 37.0 Å². The van der Waals surface area contributed by atoms with Crippen molar-refractivity contribution in [2.24, 2.45) is 10.9 Å². The molecule has 1 heterocycles. The topological polar surface area (TPSA) is 49.6 Å².